The minimum atomic E-state index is -0.202. The van der Waals surface area contributed by atoms with E-state index in [0.29, 0.717) is 28.9 Å². The van der Waals surface area contributed by atoms with Crippen LogP contribution in [-0.4, -0.2) is 32.0 Å². The molecule has 0 saturated heterocycles. The SMILES string of the molecule is COc1ccc(OC)c(C(=O)NC(CCl)CC(C)C)c1. The number of carbonyl (C=O) groups is 1. The lowest BCUT2D eigenvalue weighted by molar-refractivity contribution is 0.0933. The predicted molar refractivity (Wildman–Crippen MR) is 81.0 cm³/mol. The molecule has 0 spiro atoms. The number of hydrogen-bond acceptors (Lipinski definition) is 3. The molecule has 1 aromatic carbocycles. The fourth-order valence-electron chi connectivity index (χ4n) is 1.98. The van der Waals surface area contributed by atoms with Crippen LogP contribution < -0.4 is 14.8 Å². The van der Waals surface area contributed by atoms with Gasteiger partial charge in [-0.2, -0.15) is 0 Å². The molecule has 0 saturated carbocycles. The number of halogens is 1. The minimum absolute atomic E-state index is 0.0555. The Morgan fingerprint density at radius 2 is 2.00 bits per heavy atom. The number of methoxy groups -OCH3 is 2. The smallest absolute Gasteiger partial charge is 0.255 e. The summed E-state index contributed by atoms with van der Waals surface area (Å²) in [6.07, 6.45) is 0.835. The lowest BCUT2D eigenvalue weighted by Crippen LogP contribution is -2.37. The summed E-state index contributed by atoms with van der Waals surface area (Å²) < 4.78 is 10.4. The first kappa shape index (κ1) is 16.6. The third-order valence-electron chi connectivity index (χ3n) is 2.93. The van der Waals surface area contributed by atoms with Crippen LogP contribution in [0, 0.1) is 5.92 Å². The Morgan fingerprint density at radius 1 is 1.30 bits per heavy atom. The van der Waals surface area contributed by atoms with Crippen molar-refractivity contribution in [2.75, 3.05) is 20.1 Å². The Bertz CT molecular complexity index is 449. The normalized spacial score (nSPS) is 12.1. The number of carbonyl (C=O) groups excluding carboxylic acids is 1. The van der Waals surface area contributed by atoms with Crippen molar-refractivity contribution in [3.63, 3.8) is 0 Å². The topological polar surface area (TPSA) is 47.6 Å². The molecule has 0 aliphatic rings. The molecule has 1 atom stereocenters. The summed E-state index contributed by atoms with van der Waals surface area (Å²) in [6, 6.07) is 5.07. The van der Waals surface area contributed by atoms with Crippen LogP contribution in [-0.2, 0) is 0 Å². The first-order valence-corrected chi connectivity index (χ1v) is 7.14. The van der Waals surface area contributed by atoms with Crippen LogP contribution in [0.2, 0.25) is 0 Å². The van der Waals surface area contributed by atoms with Gasteiger partial charge in [0.15, 0.2) is 0 Å². The summed E-state index contributed by atoms with van der Waals surface area (Å²) in [5.74, 6) is 1.78. The molecule has 0 bridgehead atoms. The van der Waals surface area contributed by atoms with Gasteiger partial charge in [-0.1, -0.05) is 13.8 Å². The second-order valence-corrected chi connectivity index (χ2v) is 5.33. The maximum Gasteiger partial charge on any atom is 0.255 e. The van der Waals surface area contributed by atoms with E-state index in [2.05, 4.69) is 19.2 Å². The molecule has 0 aliphatic carbocycles. The molecule has 5 heteroatoms. The monoisotopic (exact) mass is 299 g/mol. The van der Waals surface area contributed by atoms with Gasteiger partial charge < -0.3 is 14.8 Å². The lowest BCUT2D eigenvalue weighted by atomic mass is 10.0. The molecule has 0 heterocycles. The van der Waals surface area contributed by atoms with Gasteiger partial charge in [-0.3, -0.25) is 4.79 Å². The fourth-order valence-corrected chi connectivity index (χ4v) is 2.19. The van der Waals surface area contributed by atoms with Crippen molar-refractivity contribution in [1.82, 2.24) is 5.32 Å². The largest absolute Gasteiger partial charge is 0.497 e. The lowest BCUT2D eigenvalue weighted by Gasteiger charge is -2.19. The van der Waals surface area contributed by atoms with Crippen LogP contribution in [0.3, 0.4) is 0 Å². The number of rotatable bonds is 7. The molecule has 0 fully saturated rings. The zero-order valence-electron chi connectivity index (χ0n) is 12.4. The van der Waals surface area contributed by atoms with Gasteiger partial charge in [0.25, 0.3) is 5.91 Å². The van der Waals surface area contributed by atoms with Crippen LogP contribution in [0.25, 0.3) is 0 Å². The van der Waals surface area contributed by atoms with Crippen molar-refractivity contribution in [1.29, 1.82) is 0 Å². The summed E-state index contributed by atoms with van der Waals surface area (Å²) >= 11 is 5.90. The van der Waals surface area contributed by atoms with Gasteiger partial charge in [-0.05, 0) is 30.5 Å². The molecule has 1 amide bonds. The number of alkyl halides is 1. The molecule has 20 heavy (non-hydrogen) atoms. The quantitative estimate of drug-likeness (QED) is 0.787. The van der Waals surface area contributed by atoms with Crippen molar-refractivity contribution in [2.24, 2.45) is 5.92 Å². The standard InChI is InChI=1S/C15H22ClNO3/c1-10(2)7-11(9-16)17-15(18)13-8-12(19-3)5-6-14(13)20-4/h5-6,8,10-11H,7,9H2,1-4H3,(H,17,18). The summed E-state index contributed by atoms with van der Waals surface area (Å²) in [5, 5.41) is 2.93. The molecule has 0 aromatic heterocycles. The van der Waals surface area contributed by atoms with Gasteiger partial charge in [0.1, 0.15) is 11.5 Å². The second kappa shape index (κ2) is 8.00. The Morgan fingerprint density at radius 3 is 2.50 bits per heavy atom. The van der Waals surface area contributed by atoms with E-state index in [9.17, 15) is 4.79 Å². The van der Waals surface area contributed by atoms with Crippen LogP contribution in [0.15, 0.2) is 18.2 Å². The van der Waals surface area contributed by atoms with Crippen LogP contribution >= 0.6 is 11.6 Å². The number of nitrogens with one attached hydrogen (secondary N) is 1. The molecular weight excluding hydrogens is 278 g/mol. The first-order chi connectivity index (χ1) is 9.51. The van der Waals surface area contributed by atoms with Crippen LogP contribution in [0.1, 0.15) is 30.6 Å². The molecule has 0 aliphatic heterocycles. The molecule has 1 N–H and O–H groups in total. The zero-order valence-corrected chi connectivity index (χ0v) is 13.2. The first-order valence-electron chi connectivity index (χ1n) is 6.60. The van der Waals surface area contributed by atoms with Gasteiger partial charge in [0.05, 0.1) is 19.8 Å². The Labute approximate surface area is 125 Å². The van der Waals surface area contributed by atoms with E-state index in [4.69, 9.17) is 21.1 Å². The molecule has 112 valence electrons. The summed E-state index contributed by atoms with van der Waals surface area (Å²) in [4.78, 5) is 12.3. The van der Waals surface area contributed by atoms with Gasteiger partial charge >= 0.3 is 0 Å². The van der Waals surface area contributed by atoms with Gasteiger partial charge in [0, 0.05) is 11.9 Å². The van der Waals surface area contributed by atoms with Crippen molar-refractivity contribution >= 4 is 17.5 Å². The van der Waals surface area contributed by atoms with E-state index in [1.807, 2.05) is 0 Å². The van der Waals surface area contributed by atoms with E-state index in [-0.39, 0.29) is 11.9 Å². The number of amides is 1. The summed E-state index contributed by atoms with van der Waals surface area (Å²) in [7, 11) is 3.09. The van der Waals surface area contributed by atoms with Crippen molar-refractivity contribution < 1.29 is 14.3 Å². The maximum atomic E-state index is 12.3. The highest BCUT2D eigenvalue weighted by Gasteiger charge is 2.18. The molecule has 1 rings (SSSR count). The number of benzene rings is 1. The average Bonchev–Trinajstić information content (AvgIpc) is 2.45. The maximum absolute atomic E-state index is 12.3. The molecule has 1 unspecified atom stereocenters. The number of hydrogen-bond donors (Lipinski definition) is 1. The van der Waals surface area contributed by atoms with Gasteiger partial charge in [-0.25, -0.2) is 0 Å². The minimum Gasteiger partial charge on any atom is -0.497 e. The Balaban J connectivity index is 2.89. The Kier molecular flexibility index (Phi) is 6.65. The van der Waals surface area contributed by atoms with Crippen LogP contribution in [0.4, 0.5) is 0 Å². The number of ether oxygens (including phenoxy) is 2. The summed E-state index contributed by atoms with van der Waals surface area (Å²) in [6.45, 7) is 4.19. The van der Waals surface area contributed by atoms with Crippen molar-refractivity contribution in [3.8, 4) is 11.5 Å². The predicted octanol–water partition coefficient (Wildman–Crippen LogP) is 3.09. The van der Waals surface area contributed by atoms with Gasteiger partial charge in [0.2, 0.25) is 0 Å². The van der Waals surface area contributed by atoms with E-state index in [1.165, 1.54) is 7.11 Å². The van der Waals surface area contributed by atoms with Crippen molar-refractivity contribution in [3.05, 3.63) is 23.8 Å². The Hall–Kier alpha value is -1.42. The molecular formula is C15H22ClNO3. The van der Waals surface area contributed by atoms with E-state index in [0.717, 1.165) is 6.42 Å². The molecule has 4 nitrogen and oxygen atoms in total. The summed E-state index contributed by atoms with van der Waals surface area (Å²) in [5.41, 5.74) is 0.450. The third-order valence-corrected chi connectivity index (χ3v) is 3.30. The van der Waals surface area contributed by atoms with Gasteiger partial charge in [-0.15, -0.1) is 11.6 Å². The highest BCUT2D eigenvalue weighted by Crippen LogP contribution is 2.24. The van der Waals surface area contributed by atoms with E-state index < -0.39 is 0 Å². The van der Waals surface area contributed by atoms with Crippen LogP contribution in [0.5, 0.6) is 11.5 Å². The third kappa shape index (κ3) is 4.60. The van der Waals surface area contributed by atoms with Crippen molar-refractivity contribution in [2.45, 2.75) is 26.3 Å². The second-order valence-electron chi connectivity index (χ2n) is 5.02. The average molecular weight is 300 g/mol. The fraction of sp³-hybridized carbons (Fsp3) is 0.533. The van der Waals surface area contributed by atoms with E-state index >= 15 is 0 Å². The molecule has 1 aromatic rings. The zero-order chi connectivity index (χ0) is 15.1. The van der Waals surface area contributed by atoms with E-state index in [1.54, 1.807) is 25.3 Å². The molecule has 0 radical (unpaired) electrons. The highest BCUT2D eigenvalue weighted by atomic mass is 35.5. The highest BCUT2D eigenvalue weighted by molar-refractivity contribution is 6.18.